The van der Waals surface area contributed by atoms with Gasteiger partial charge in [0, 0.05) is 44.7 Å². The van der Waals surface area contributed by atoms with E-state index in [4.69, 9.17) is 20.6 Å². The van der Waals surface area contributed by atoms with Crippen molar-refractivity contribution in [3.05, 3.63) is 52.3 Å². The second-order valence-electron chi connectivity index (χ2n) is 8.98. The third-order valence-corrected chi connectivity index (χ3v) is 6.72. The van der Waals surface area contributed by atoms with Crippen molar-refractivity contribution in [2.24, 2.45) is 0 Å². The van der Waals surface area contributed by atoms with Crippen LogP contribution in [0.2, 0.25) is 0 Å². The Balaban J connectivity index is 1.54. The molecule has 4 heterocycles. The van der Waals surface area contributed by atoms with Crippen molar-refractivity contribution in [2.45, 2.75) is 46.2 Å². The molecule has 0 radical (unpaired) electrons. The molecule has 164 valence electrons. The Hall–Kier alpha value is -2.64. The van der Waals surface area contributed by atoms with E-state index in [1.54, 1.807) is 0 Å². The third-order valence-electron chi connectivity index (χ3n) is 6.72. The molecule has 0 bridgehead atoms. The largest absolute Gasteiger partial charge is 0.396 e. The van der Waals surface area contributed by atoms with Gasteiger partial charge in [-0.2, -0.15) is 0 Å². The van der Waals surface area contributed by atoms with Gasteiger partial charge in [0.05, 0.1) is 30.3 Å². The summed E-state index contributed by atoms with van der Waals surface area (Å²) in [6, 6.07) is 9.23. The standard InChI is InChI=1S/C24H32N6O/c1-16(2)29-8-7-18-5-4-6-19(20(18)15-29)13-22-17(3)26-24-21(25)14-23(27-30(22)24)28-9-11-31-12-10-28/h4-6,14,16H,7-13,15,25H2,1-3H3. The number of hydrogen-bond acceptors (Lipinski definition) is 6. The summed E-state index contributed by atoms with van der Waals surface area (Å²) in [5.41, 5.74) is 14.3. The number of nitrogens with zero attached hydrogens (tertiary/aromatic N) is 5. The summed E-state index contributed by atoms with van der Waals surface area (Å²) in [7, 11) is 0. The number of nitrogen functional groups attached to an aromatic ring is 1. The molecule has 5 rings (SSSR count). The van der Waals surface area contributed by atoms with Crippen molar-refractivity contribution in [3.8, 4) is 0 Å². The Kier molecular flexibility index (Phi) is 5.32. The zero-order valence-corrected chi connectivity index (χ0v) is 18.8. The van der Waals surface area contributed by atoms with Gasteiger partial charge >= 0.3 is 0 Å². The van der Waals surface area contributed by atoms with Gasteiger partial charge < -0.3 is 15.4 Å². The lowest BCUT2D eigenvalue weighted by atomic mass is 9.92. The number of rotatable bonds is 4. The van der Waals surface area contributed by atoms with Crippen molar-refractivity contribution >= 4 is 17.2 Å². The number of fused-ring (bicyclic) bond motifs is 2. The summed E-state index contributed by atoms with van der Waals surface area (Å²) in [5.74, 6) is 0.896. The molecule has 2 aliphatic heterocycles. The van der Waals surface area contributed by atoms with E-state index >= 15 is 0 Å². The van der Waals surface area contributed by atoms with Crippen LogP contribution in [0.5, 0.6) is 0 Å². The van der Waals surface area contributed by atoms with Crippen molar-refractivity contribution in [1.29, 1.82) is 0 Å². The summed E-state index contributed by atoms with van der Waals surface area (Å²) in [6.45, 7) is 11.9. The van der Waals surface area contributed by atoms with Gasteiger partial charge in [-0.25, -0.2) is 9.50 Å². The molecule has 0 unspecified atom stereocenters. The van der Waals surface area contributed by atoms with E-state index in [2.05, 4.69) is 48.8 Å². The molecule has 0 aliphatic carbocycles. The molecule has 3 aromatic rings. The number of aromatic nitrogens is 3. The Morgan fingerprint density at radius 1 is 1.16 bits per heavy atom. The van der Waals surface area contributed by atoms with Crippen LogP contribution >= 0.6 is 0 Å². The van der Waals surface area contributed by atoms with Crippen molar-refractivity contribution in [2.75, 3.05) is 43.5 Å². The van der Waals surface area contributed by atoms with E-state index in [1.807, 2.05) is 10.6 Å². The van der Waals surface area contributed by atoms with Crippen LogP contribution in [0.1, 0.15) is 41.9 Å². The summed E-state index contributed by atoms with van der Waals surface area (Å²) < 4.78 is 7.47. The van der Waals surface area contributed by atoms with Crippen LogP contribution in [0, 0.1) is 6.92 Å². The van der Waals surface area contributed by atoms with E-state index in [0.29, 0.717) is 11.7 Å². The topological polar surface area (TPSA) is 71.9 Å². The third kappa shape index (κ3) is 3.77. The molecule has 2 N–H and O–H groups in total. The van der Waals surface area contributed by atoms with E-state index in [0.717, 1.165) is 75.1 Å². The molecule has 0 spiro atoms. The number of nitrogens with two attached hydrogens (primary N) is 1. The van der Waals surface area contributed by atoms with Crippen LogP contribution in [0.4, 0.5) is 11.5 Å². The molecule has 1 aromatic carbocycles. The second kappa shape index (κ2) is 8.13. The molecule has 2 aromatic heterocycles. The molecule has 0 saturated carbocycles. The second-order valence-corrected chi connectivity index (χ2v) is 8.98. The lowest BCUT2D eigenvalue weighted by Crippen LogP contribution is -2.37. The minimum Gasteiger partial charge on any atom is -0.396 e. The average molecular weight is 421 g/mol. The minimum absolute atomic E-state index is 0.552. The van der Waals surface area contributed by atoms with Crippen LogP contribution in [0.15, 0.2) is 24.3 Å². The molecule has 2 aliphatic rings. The van der Waals surface area contributed by atoms with Crippen LogP contribution < -0.4 is 10.6 Å². The minimum atomic E-state index is 0.552. The van der Waals surface area contributed by atoms with E-state index < -0.39 is 0 Å². The maximum Gasteiger partial charge on any atom is 0.177 e. The quantitative estimate of drug-likeness (QED) is 0.700. The van der Waals surface area contributed by atoms with Gasteiger partial charge in [0.1, 0.15) is 0 Å². The number of anilines is 2. The zero-order chi connectivity index (χ0) is 21.5. The highest BCUT2D eigenvalue weighted by Gasteiger charge is 2.23. The summed E-state index contributed by atoms with van der Waals surface area (Å²) in [5, 5.41) is 4.97. The molecule has 31 heavy (non-hydrogen) atoms. The molecule has 0 atom stereocenters. The summed E-state index contributed by atoms with van der Waals surface area (Å²) in [4.78, 5) is 9.57. The molecule has 0 amide bonds. The van der Waals surface area contributed by atoms with E-state index in [-0.39, 0.29) is 0 Å². The van der Waals surface area contributed by atoms with E-state index in [9.17, 15) is 0 Å². The first-order valence-corrected chi connectivity index (χ1v) is 11.3. The zero-order valence-electron chi connectivity index (χ0n) is 18.8. The van der Waals surface area contributed by atoms with Crippen LogP contribution in [-0.2, 0) is 24.1 Å². The monoisotopic (exact) mass is 420 g/mol. The van der Waals surface area contributed by atoms with Gasteiger partial charge in [-0.15, -0.1) is 5.10 Å². The molecule has 1 saturated heterocycles. The smallest absolute Gasteiger partial charge is 0.177 e. The van der Waals surface area contributed by atoms with Gasteiger partial charge in [-0.3, -0.25) is 4.90 Å². The molecule has 7 heteroatoms. The van der Waals surface area contributed by atoms with Crippen LogP contribution in [0.25, 0.3) is 5.65 Å². The number of hydrogen-bond donors (Lipinski definition) is 1. The molecular formula is C24H32N6O. The highest BCUT2D eigenvalue weighted by atomic mass is 16.5. The number of ether oxygens (including phenoxy) is 1. The maximum absolute atomic E-state index is 6.41. The van der Waals surface area contributed by atoms with Crippen molar-refractivity contribution in [3.63, 3.8) is 0 Å². The van der Waals surface area contributed by atoms with Gasteiger partial charge in [0.25, 0.3) is 0 Å². The highest BCUT2D eigenvalue weighted by Crippen LogP contribution is 2.28. The molecular weight excluding hydrogens is 388 g/mol. The van der Waals surface area contributed by atoms with Gasteiger partial charge in [-0.05, 0) is 43.9 Å². The first-order valence-electron chi connectivity index (χ1n) is 11.3. The Labute approximate surface area is 183 Å². The number of benzene rings is 1. The van der Waals surface area contributed by atoms with Gasteiger partial charge in [0.2, 0.25) is 0 Å². The maximum atomic E-state index is 6.41. The predicted molar refractivity (Wildman–Crippen MR) is 124 cm³/mol. The lowest BCUT2D eigenvalue weighted by Gasteiger charge is -2.33. The first kappa shape index (κ1) is 20.3. The van der Waals surface area contributed by atoms with Gasteiger partial charge in [0.15, 0.2) is 11.5 Å². The Morgan fingerprint density at radius 3 is 2.74 bits per heavy atom. The number of aryl methyl sites for hydroxylation is 1. The van der Waals surface area contributed by atoms with E-state index in [1.165, 1.54) is 16.7 Å². The highest BCUT2D eigenvalue weighted by molar-refractivity contribution is 5.69. The number of morpholine rings is 1. The fraction of sp³-hybridized carbons (Fsp3) is 0.500. The Bertz CT molecular complexity index is 1100. The van der Waals surface area contributed by atoms with Gasteiger partial charge in [-0.1, -0.05) is 18.2 Å². The SMILES string of the molecule is Cc1nc2c(N)cc(N3CCOCC3)nn2c1Cc1cccc2c1CN(C(C)C)CC2. The molecule has 1 fully saturated rings. The number of imidazole rings is 1. The predicted octanol–water partition coefficient (Wildman–Crippen LogP) is 2.81. The Morgan fingerprint density at radius 2 is 1.97 bits per heavy atom. The average Bonchev–Trinajstić information content (AvgIpc) is 3.10. The lowest BCUT2D eigenvalue weighted by molar-refractivity contribution is 0.122. The van der Waals surface area contributed by atoms with Crippen molar-refractivity contribution in [1.82, 2.24) is 19.5 Å². The normalized spacial score (nSPS) is 17.5. The fourth-order valence-corrected chi connectivity index (χ4v) is 4.79. The molecule has 7 nitrogen and oxygen atoms in total. The van der Waals surface area contributed by atoms with Crippen LogP contribution in [0.3, 0.4) is 0 Å². The van der Waals surface area contributed by atoms with Crippen LogP contribution in [-0.4, -0.2) is 58.4 Å². The van der Waals surface area contributed by atoms with Crippen molar-refractivity contribution < 1.29 is 4.74 Å². The summed E-state index contributed by atoms with van der Waals surface area (Å²) >= 11 is 0. The first-order chi connectivity index (χ1) is 15.0. The summed E-state index contributed by atoms with van der Waals surface area (Å²) in [6.07, 6.45) is 1.92. The fourth-order valence-electron chi connectivity index (χ4n) is 4.79.